The third-order valence-corrected chi connectivity index (χ3v) is 5.82. The van der Waals surface area contributed by atoms with Crippen molar-refractivity contribution in [2.45, 2.75) is 12.3 Å². The summed E-state index contributed by atoms with van der Waals surface area (Å²) in [4.78, 5) is 12.3. The molecule has 4 nitrogen and oxygen atoms in total. The predicted molar refractivity (Wildman–Crippen MR) is 106 cm³/mol. The van der Waals surface area contributed by atoms with Crippen LogP contribution < -0.4 is 10.1 Å². The molecule has 4 rings (SSSR count). The molecule has 0 bridgehead atoms. The molecular weight excluding hydrogens is 429 g/mol. The van der Waals surface area contributed by atoms with Crippen LogP contribution in [0.3, 0.4) is 0 Å². The number of halogens is 1. The lowest BCUT2D eigenvalue weighted by atomic mass is 9.82. The Balaban J connectivity index is 1.98. The van der Waals surface area contributed by atoms with Crippen molar-refractivity contribution in [3.8, 4) is 11.5 Å². The van der Waals surface area contributed by atoms with Gasteiger partial charge in [0.2, 0.25) is 5.91 Å². The Hall–Kier alpha value is -2.28. The SMILES string of the molecule is COc1ccc([C@@H]2CC(=O)Nc3ccc4ccccc4c32)c(I)c1O. The van der Waals surface area contributed by atoms with Crippen LogP contribution in [-0.2, 0) is 4.79 Å². The highest BCUT2D eigenvalue weighted by molar-refractivity contribution is 14.1. The number of nitrogens with one attached hydrogen (secondary N) is 1. The lowest BCUT2D eigenvalue weighted by Crippen LogP contribution is -2.24. The van der Waals surface area contributed by atoms with Gasteiger partial charge in [0.15, 0.2) is 11.5 Å². The van der Waals surface area contributed by atoms with Crippen LogP contribution in [0.5, 0.6) is 11.5 Å². The van der Waals surface area contributed by atoms with E-state index < -0.39 is 0 Å². The Morgan fingerprint density at radius 2 is 1.96 bits per heavy atom. The van der Waals surface area contributed by atoms with Crippen LogP contribution in [0, 0.1) is 3.57 Å². The highest BCUT2D eigenvalue weighted by Crippen LogP contribution is 2.45. The number of aromatic hydroxyl groups is 1. The molecule has 5 heteroatoms. The van der Waals surface area contributed by atoms with Crippen molar-refractivity contribution in [1.82, 2.24) is 0 Å². The number of methoxy groups -OCH3 is 1. The first kappa shape index (κ1) is 16.2. The fraction of sp³-hybridized carbons (Fsp3) is 0.150. The molecule has 3 aromatic carbocycles. The van der Waals surface area contributed by atoms with Crippen LogP contribution in [0.1, 0.15) is 23.5 Å². The van der Waals surface area contributed by atoms with E-state index >= 15 is 0 Å². The van der Waals surface area contributed by atoms with Crippen LogP contribution in [0.25, 0.3) is 10.8 Å². The third-order valence-electron chi connectivity index (χ3n) is 4.69. The molecule has 2 N–H and O–H groups in total. The van der Waals surface area contributed by atoms with Crippen LogP contribution >= 0.6 is 22.6 Å². The molecule has 1 aliphatic rings. The minimum absolute atomic E-state index is 0.0149. The van der Waals surface area contributed by atoms with Gasteiger partial charge in [-0.3, -0.25) is 4.79 Å². The number of carbonyl (C=O) groups is 1. The molecule has 0 radical (unpaired) electrons. The molecule has 25 heavy (non-hydrogen) atoms. The zero-order valence-corrected chi connectivity index (χ0v) is 15.7. The Morgan fingerprint density at radius 1 is 1.16 bits per heavy atom. The van der Waals surface area contributed by atoms with Gasteiger partial charge in [0.25, 0.3) is 0 Å². The maximum absolute atomic E-state index is 12.3. The number of phenols is 1. The molecule has 1 amide bonds. The average Bonchev–Trinajstić information content (AvgIpc) is 2.63. The highest BCUT2D eigenvalue weighted by atomic mass is 127. The first-order valence-electron chi connectivity index (χ1n) is 7.97. The second-order valence-electron chi connectivity index (χ2n) is 6.07. The summed E-state index contributed by atoms with van der Waals surface area (Å²) in [6, 6.07) is 15.8. The minimum atomic E-state index is -0.112. The number of phenolic OH excluding ortho intramolecular Hbond substituents is 1. The fourth-order valence-corrected chi connectivity index (χ4v) is 4.35. The zero-order chi connectivity index (χ0) is 17.6. The minimum Gasteiger partial charge on any atom is -0.504 e. The van der Waals surface area contributed by atoms with E-state index in [1.807, 2.05) is 30.3 Å². The molecule has 1 atom stereocenters. The molecular formula is C20H16INO3. The van der Waals surface area contributed by atoms with Crippen LogP contribution in [0.4, 0.5) is 5.69 Å². The van der Waals surface area contributed by atoms with Crippen LogP contribution in [-0.4, -0.2) is 18.1 Å². The lowest BCUT2D eigenvalue weighted by Gasteiger charge is -2.28. The monoisotopic (exact) mass is 445 g/mol. The van der Waals surface area contributed by atoms with Crippen molar-refractivity contribution in [2.24, 2.45) is 0 Å². The van der Waals surface area contributed by atoms with E-state index in [0.717, 1.165) is 31.2 Å². The topological polar surface area (TPSA) is 58.6 Å². The molecule has 0 saturated carbocycles. The van der Waals surface area contributed by atoms with Gasteiger partial charge in [-0.25, -0.2) is 0 Å². The summed E-state index contributed by atoms with van der Waals surface area (Å²) in [6.45, 7) is 0. The maximum Gasteiger partial charge on any atom is 0.225 e. The van der Waals surface area contributed by atoms with Gasteiger partial charge >= 0.3 is 0 Å². The molecule has 126 valence electrons. The summed E-state index contributed by atoms with van der Waals surface area (Å²) in [5, 5.41) is 15.6. The number of fused-ring (bicyclic) bond motifs is 3. The summed E-state index contributed by atoms with van der Waals surface area (Å²) in [6.07, 6.45) is 0.350. The van der Waals surface area contributed by atoms with Gasteiger partial charge in [0.1, 0.15) is 0 Å². The van der Waals surface area contributed by atoms with Gasteiger partial charge in [-0.15, -0.1) is 0 Å². The molecule has 0 aromatic heterocycles. The summed E-state index contributed by atoms with van der Waals surface area (Å²) >= 11 is 2.12. The lowest BCUT2D eigenvalue weighted by molar-refractivity contribution is -0.116. The second kappa shape index (κ2) is 6.22. The van der Waals surface area contributed by atoms with Crippen molar-refractivity contribution >= 4 is 45.0 Å². The number of ether oxygens (including phenoxy) is 1. The van der Waals surface area contributed by atoms with Gasteiger partial charge < -0.3 is 15.2 Å². The molecule has 0 aliphatic carbocycles. The molecule has 0 fully saturated rings. The Morgan fingerprint density at radius 3 is 2.76 bits per heavy atom. The number of carbonyl (C=O) groups excluding carboxylic acids is 1. The second-order valence-corrected chi connectivity index (χ2v) is 7.15. The highest BCUT2D eigenvalue weighted by Gasteiger charge is 2.30. The van der Waals surface area contributed by atoms with Crippen LogP contribution in [0.2, 0.25) is 0 Å². The summed E-state index contributed by atoms with van der Waals surface area (Å²) in [5.41, 5.74) is 2.87. The first-order chi connectivity index (χ1) is 12.1. The van der Waals surface area contributed by atoms with Gasteiger partial charge in [0.05, 0.1) is 10.7 Å². The smallest absolute Gasteiger partial charge is 0.225 e. The van der Waals surface area contributed by atoms with Crippen molar-refractivity contribution in [2.75, 3.05) is 12.4 Å². The van der Waals surface area contributed by atoms with E-state index in [1.165, 1.54) is 7.11 Å². The van der Waals surface area contributed by atoms with E-state index in [0.29, 0.717) is 12.2 Å². The van der Waals surface area contributed by atoms with E-state index in [2.05, 4.69) is 40.0 Å². The molecule has 1 aliphatic heterocycles. The van der Waals surface area contributed by atoms with Crippen molar-refractivity contribution < 1.29 is 14.6 Å². The van der Waals surface area contributed by atoms with E-state index in [9.17, 15) is 9.90 Å². The molecule has 0 saturated heterocycles. The Bertz CT molecular complexity index is 1000. The number of amides is 1. The normalized spacial score (nSPS) is 16.4. The van der Waals surface area contributed by atoms with Crippen molar-refractivity contribution in [1.29, 1.82) is 0 Å². The van der Waals surface area contributed by atoms with Gasteiger partial charge in [-0.2, -0.15) is 0 Å². The van der Waals surface area contributed by atoms with Crippen molar-refractivity contribution in [3.05, 3.63) is 63.2 Å². The summed E-state index contributed by atoms with van der Waals surface area (Å²) in [7, 11) is 1.53. The summed E-state index contributed by atoms with van der Waals surface area (Å²) in [5.74, 6) is 0.428. The van der Waals surface area contributed by atoms with Gasteiger partial charge in [-0.1, -0.05) is 36.4 Å². The quantitative estimate of drug-likeness (QED) is 0.566. The molecule has 3 aromatic rings. The fourth-order valence-electron chi connectivity index (χ4n) is 3.53. The van der Waals surface area contributed by atoms with E-state index in [1.54, 1.807) is 6.07 Å². The Kier molecular flexibility index (Phi) is 4.03. The summed E-state index contributed by atoms with van der Waals surface area (Å²) < 4.78 is 5.91. The third kappa shape index (κ3) is 2.63. The van der Waals surface area contributed by atoms with Crippen molar-refractivity contribution in [3.63, 3.8) is 0 Å². The number of rotatable bonds is 2. The molecule has 1 heterocycles. The van der Waals surface area contributed by atoms with Crippen LogP contribution in [0.15, 0.2) is 48.5 Å². The van der Waals surface area contributed by atoms with Gasteiger partial charge in [0, 0.05) is 18.0 Å². The Labute approximate surface area is 159 Å². The molecule has 0 unspecified atom stereocenters. The predicted octanol–water partition coefficient (Wildman–Crippen LogP) is 4.63. The largest absolute Gasteiger partial charge is 0.504 e. The maximum atomic E-state index is 12.3. The van der Waals surface area contributed by atoms with E-state index in [-0.39, 0.29) is 17.6 Å². The number of anilines is 1. The first-order valence-corrected chi connectivity index (χ1v) is 9.05. The van der Waals surface area contributed by atoms with E-state index in [4.69, 9.17) is 4.74 Å². The number of benzene rings is 3. The van der Waals surface area contributed by atoms with Gasteiger partial charge in [-0.05, 0) is 56.6 Å². The standard InChI is InChI=1S/C20H16INO3/c1-25-16-9-7-13(19(21)20(16)24)14-10-17(23)22-15-8-6-11-4-2-3-5-12(11)18(14)15/h2-9,14,24H,10H2,1H3,(H,22,23)/t14-/m0/s1. The average molecular weight is 445 g/mol. The zero-order valence-electron chi connectivity index (χ0n) is 13.5. The number of hydrogen-bond donors (Lipinski definition) is 2. The molecule has 0 spiro atoms. The number of hydrogen-bond acceptors (Lipinski definition) is 3.